The van der Waals surface area contributed by atoms with Crippen LogP contribution in [0.5, 0.6) is 0 Å². The molecule has 0 aliphatic carbocycles. The summed E-state index contributed by atoms with van der Waals surface area (Å²) in [6.45, 7) is 6.06. The van der Waals surface area contributed by atoms with E-state index in [9.17, 15) is 4.79 Å². The molecule has 1 heterocycles. The number of amides is 1. The zero-order valence-electron chi connectivity index (χ0n) is 13.3. The van der Waals surface area contributed by atoms with Crippen LogP contribution in [0, 0.1) is 13.8 Å². The second-order valence-corrected chi connectivity index (χ2v) is 5.81. The molecular formula is C16H21ClN4O. The van der Waals surface area contributed by atoms with Crippen LogP contribution in [-0.4, -0.2) is 22.2 Å². The molecule has 0 saturated carbocycles. The number of nitrogens with zero attached hydrogens (tertiary/aromatic N) is 2. The second kappa shape index (κ2) is 6.94. The lowest BCUT2D eigenvalue weighted by molar-refractivity contribution is -0.115. The second-order valence-electron chi connectivity index (χ2n) is 5.37. The van der Waals surface area contributed by atoms with Crippen LogP contribution in [0.2, 0.25) is 5.02 Å². The Hall–Kier alpha value is -1.85. The van der Waals surface area contributed by atoms with Crippen molar-refractivity contribution >= 4 is 23.2 Å². The third-order valence-corrected chi connectivity index (χ3v) is 3.96. The number of anilines is 1. The van der Waals surface area contributed by atoms with E-state index in [1.165, 1.54) is 0 Å². The average Bonchev–Trinajstić information content (AvgIpc) is 2.72. The van der Waals surface area contributed by atoms with Crippen molar-refractivity contribution in [2.75, 3.05) is 11.9 Å². The van der Waals surface area contributed by atoms with Gasteiger partial charge < -0.3 is 10.6 Å². The van der Waals surface area contributed by atoms with Crippen LogP contribution in [0.25, 0.3) is 0 Å². The summed E-state index contributed by atoms with van der Waals surface area (Å²) >= 11 is 5.87. The van der Waals surface area contributed by atoms with Crippen molar-refractivity contribution in [3.05, 3.63) is 46.2 Å². The first-order valence-corrected chi connectivity index (χ1v) is 7.55. The maximum absolute atomic E-state index is 12.1. The summed E-state index contributed by atoms with van der Waals surface area (Å²) in [5.41, 5.74) is 3.63. The lowest BCUT2D eigenvalue weighted by Crippen LogP contribution is -2.30. The Labute approximate surface area is 135 Å². The molecule has 6 heteroatoms. The number of hydrogen-bond donors (Lipinski definition) is 2. The van der Waals surface area contributed by atoms with Crippen molar-refractivity contribution in [3.8, 4) is 0 Å². The van der Waals surface area contributed by atoms with Gasteiger partial charge in [-0.05, 0) is 38.5 Å². The summed E-state index contributed by atoms with van der Waals surface area (Å²) < 4.78 is 1.76. The number of rotatable bonds is 5. The number of carbonyl (C=O) groups excluding carboxylic acids is 1. The van der Waals surface area contributed by atoms with Crippen molar-refractivity contribution in [1.82, 2.24) is 15.1 Å². The summed E-state index contributed by atoms with van der Waals surface area (Å²) in [6, 6.07) is 7.66. The molecule has 1 aromatic carbocycles. The van der Waals surface area contributed by atoms with Gasteiger partial charge in [0.1, 0.15) is 0 Å². The minimum atomic E-state index is -0.0833. The number of halogens is 1. The molecule has 1 amide bonds. The van der Waals surface area contributed by atoms with E-state index in [-0.39, 0.29) is 18.5 Å². The van der Waals surface area contributed by atoms with Gasteiger partial charge in [0, 0.05) is 18.1 Å². The standard InChI is InChI=1S/C16H21ClN4O/c1-10(13-5-7-14(17)8-6-13)18-9-15(22)19-16-11(2)20-21(4)12(16)3/h5-8,10,18H,9H2,1-4H3,(H,19,22)/t10-/m0/s1. The molecule has 22 heavy (non-hydrogen) atoms. The smallest absolute Gasteiger partial charge is 0.238 e. The van der Waals surface area contributed by atoms with E-state index in [2.05, 4.69) is 15.7 Å². The highest BCUT2D eigenvalue weighted by molar-refractivity contribution is 6.30. The van der Waals surface area contributed by atoms with Crippen molar-refractivity contribution in [2.24, 2.45) is 7.05 Å². The molecule has 0 aliphatic heterocycles. The maximum atomic E-state index is 12.1. The first-order valence-electron chi connectivity index (χ1n) is 7.17. The van der Waals surface area contributed by atoms with Crippen LogP contribution in [0.4, 0.5) is 5.69 Å². The van der Waals surface area contributed by atoms with E-state index in [0.29, 0.717) is 5.02 Å². The molecule has 2 N–H and O–H groups in total. The van der Waals surface area contributed by atoms with E-state index >= 15 is 0 Å². The van der Waals surface area contributed by atoms with E-state index in [0.717, 1.165) is 22.6 Å². The Bertz CT molecular complexity index is 664. The Morgan fingerprint density at radius 1 is 1.32 bits per heavy atom. The van der Waals surface area contributed by atoms with E-state index in [1.807, 2.05) is 52.1 Å². The van der Waals surface area contributed by atoms with E-state index < -0.39 is 0 Å². The van der Waals surface area contributed by atoms with Gasteiger partial charge in [0.15, 0.2) is 0 Å². The minimum Gasteiger partial charge on any atom is -0.322 e. The highest BCUT2D eigenvalue weighted by Gasteiger charge is 2.13. The number of aryl methyl sites for hydroxylation is 2. The Balaban J connectivity index is 1.91. The number of aromatic nitrogens is 2. The molecule has 118 valence electrons. The molecule has 2 aromatic rings. The van der Waals surface area contributed by atoms with Crippen LogP contribution < -0.4 is 10.6 Å². The summed E-state index contributed by atoms with van der Waals surface area (Å²) in [6.07, 6.45) is 0. The molecule has 1 atom stereocenters. The molecule has 0 radical (unpaired) electrons. The predicted molar refractivity (Wildman–Crippen MR) is 89.2 cm³/mol. The van der Waals surface area contributed by atoms with Crippen LogP contribution >= 0.6 is 11.6 Å². The Morgan fingerprint density at radius 3 is 2.50 bits per heavy atom. The molecule has 0 bridgehead atoms. The van der Waals surface area contributed by atoms with Crippen molar-refractivity contribution in [2.45, 2.75) is 26.8 Å². The molecular weight excluding hydrogens is 300 g/mol. The minimum absolute atomic E-state index is 0.0686. The van der Waals surface area contributed by atoms with Crippen LogP contribution in [-0.2, 0) is 11.8 Å². The summed E-state index contributed by atoms with van der Waals surface area (Å²) in [4.78, 5) is 12.1. The zero-order chi connectivity index (χ0) is 16.3. The molecule has 2 rings (SSSR count). The van der Waals surface area contributed by atoms with Gasteiger partial charge in [-0.25, -0.2) is 0 Å². The summed E-state index contributed by atoms with van der Waals surface area (Å²) in [5, 5.41) is 11.1. The van der Waals surface area contributed by atoms with E-state index in [4.69, 9.17) is 11.6 Å². The fourth-order valence-corrected chi connectivity index (χ4v) is 2.38. The topological polar surface area (TPSA) is 59.0 Å². The van der Waals surface area contributed by atoms with Gasteiger partial charge in [-0.2, -0.15) is 5.10 Å². The third kappa shape index (κ3) is 3.87. The molecule has 0 saturated heterocycles. The fraction of sp³-hybridized carbons (Fsp3) is 0.375. The molecule has 0 aliphatic rings. The van der Waals surface area contributed by atoms with Crippen LogP contribution in [0.3, 0.4) is 0 Å². The molecule has 0 fully saturated rings. The van der Waals surface area contributed by atoms with Crippen molar-refractivity contribution in [1.29, 1.82) is 0 Å². The van der Waals surface area contributed by atoms with Crippen LogP contribution in [0.1, 0.15) is 29.9 Å². The first kappa shape index (κ1) is 16.5. The SMILES string of the molecule is Cc1nn(C)c(C)c1NC(=O)CN[C@@H](C)c1ccc(Cl)cc1. The predicted octanol–water partition coefficient (Wildman–Crippen LogP) is 2.98. The van der Waals surface area contributed by atoms with Gasteiger partial charge in [0.05, 0.1) is 23.6 Å². The zero-order valence-corrected chi connectivity index (χ0v) is 14.0. The largest absolute Gasteiger partial charge is 0.322 e. The normalized spacial score (nSPS) is 12.2. The highest BCUT2D eigenvalue weighted by Crippen LogP contribution is 2.18. The lowest BCUT2D eigenvalue weighted by atomic mass is 10.1. The van der Waals surface area contributed by atoms with Gasteiger partial charge >= 0.3 is 0 Å². The molecule has 5 nitrogen and oxygen atoms in total. The van der Waals surface area contributed by atoms with Gasteiger partial charge in [-0.3, -0.25) is 9.48 Å². The van der Waals surface area contributed by atoms with Crippen molar-refractivity contribution in [3.63, 3.8) is 0 Å². The van der Waals surface area contributed by atoms with Gasteiger partial charge in [0.2, 0.25) is 5.91 Å². The van der Waals surface area contributed by atoms with E-state index in [1.54, 1.807) is 4.68 Å². The third-order valence-electron chi connectivity index (χ3n) is 3.71. The van der Waals surface area contributed by atoms with Gasteiger partial charge in [0.25, 0.3) is 0 Å². The number of benzene rings is 1. The Morgan fingerprint density at radius 2 is 1.95 bits per heavy atom. The lowest BCUT2D eigenvalue weighted by Gasteiger charge is -2.14. The molecule has 0 unspecified atom stereocenters. The monoisotopic (exact) mass is 320 g/mol. The van der Waals surface area contributed by atoms with Gasteiger partial charge in [-0.1, -0.05) is 23.7 Å². The number of hydrogen-bond acceptors (Lipinski definition) is 3. The van der Waals surface area contributed by atoms with Gasteiger partial charge in [-0.15, -0.1) is 0 Å². The average molecular weight is 321 g/mol. The maximum Gasteiger partial charge on any atom is 0.238 e. The Kier molecular flexibility index (Phi) is 5.21. The fourth-order valence-electron chi connectivity index (χ4n) is 2.25. The van der Waals surface area contributed by atoms with Crippen molar-refractivity contribution < 1.29 is 4.79 Å². The highest BCUT2D eigenvalue weighted by atomic mass is 35.5. The number of nitrogens with one attached hydrogen (secondary N) is 2. The number of carbonyl (C=O) groups is 1. The molecule has 0 spiro atoms. The summed E-state index contributed by atoms with van der Waals surface area (Å²) in [7, 11) is 1.86. The molecule has 1 aromatic heterocycles. The summed E-state index contributed by atoms with van der Waals surface area (Å²) in [5.74, 6) is -0.0833. The first-order chi connectivity index (χ1) is 10.4. The van der Waals surface area contributed by atoms with Crippen LogP contribution in [0.15, 0.2) is 24.3 Å². The quantitative estimate of drug-likeness (QED) is 0.890.